The zero-order valence-electron chi connectivity index (χ0n) is 9.62. The van der Waals surface area contributed by atoms with E-state index >= 15 is 0 Å². The molecule has 3 rings (SSSR count). The predicted molar refractivity (Wildman–Crippen MR) is 78.4 cm³/mol. The van der Waals surface area contributed by atoms with Crippen LogP contribution >= 0.6 is 27.3 Å². The first-order chi connectivity index (χ1) is 9.31. The van der Waals surface area contributed by atoms with E-state index in [0.29, 0.717) is 5.95 Å². The Morgan fingerprint density at radius 2 is 1.84 bits per heavy atom. The molecule has 0 saturated carbocycles. The molecule has 94 valence electrons. The minimum Gasteiger partial charge on any atom is -0.300 e. The Hall–Kier alpha value is -1.86. The van der Waals surface area contributed by atoms with Crippen LogP contribution in [0, 0.1) is 0 Å². The van der Waals surface area contributed by atoms with Crippen LogP contribution in [0.3, 0.4) is 0 Å². The second-order valence-electron chi connectivity index (χ2n) is 3.58. The fourth-order valence-electron chi connectivity index (χ4n) is 1.46. The molecule has 3 aromatic heterocycles. The van der Waals surface area contributed by atoms with Gasteiger partial charge in [-0.3, -0.25) is 0 Å². The fourth-order valence-corrected chi connectivity index (χ4v) is 2.50. The van der Waals surface area contributed by atoms with E-state index in [2.05, 4.69) is 41.2 Å². The standard InChI is InChI=1S/C12H8BrN5S/c13-10-4-1-3-8(16-10)9-7-19-12(17-9)18-11-14-5-2-6-15-11/h1-7H,(H,14,15,17,18). The first-order valence-corrected chi connectivity index (χ1v) is 7.11. The van der Waals surface area contributed by atoms with Gasteiger partial charge in [0.05, 0.1) is 5.69 Å². The van der Waals surface area contributed by atoms with E-state index in [1.54, 1.807) is 18.5 Å². The molecule has 1 N–H and O–H groups in total. The largest absolute Gasteiger partial charge is 0.300 e. The van der Waals surface area contributed by atoms with Crippen LogP contribution in [-0.4, -0.2) is 19.9 Å². The second-order valence-corrected chi connectivity index (χ2v) is 5.25. The van der Waals surface area contributed by atoms with Gasteiger partial charge in [-0.1, -0.05) is 6.07 Å². The van der Waals surface area contributed by atoms with E-state index in [1.807, 2.05) is 23.6 Å². The summed E-state index contributed by atoms with van der Waals surface area (Å²) in [6, 6.07) is 7.50. The van der Waals surface area contributed by atoms with E-state index in [1.165, 1.54) is 11.3 Å². The summed E-state index contributed by atoms with van der Waals surface area (Å²) in [5.74, 6) is 0.533. The average molecular weight is 334 g/mol. The van der Waals surface area contributed by atoms with Gasteiger partial charge in [-0.2, -0.15) is 0 Å². The molecular weight excluding hydrogens is 326 g/mol. The van der Waals surface area contributed by atoms with Crippen molar-refractivity contribution in [2.75, 3.05) is 5.32 Å². The highest BCUT2D eigenvalue weighted by Crippen LogP contribution is 2.25. The first kappa shape index (κ1) is 12.2. The third kappa shape index (κ3) is 2.94. The summed E-state index contributed by atoms with van der Waals surface area (Å²) in [7, 11) is 0. The summed E-state index contributed by atoms with van der Waals surface area (Å²) >= 11 is 4.84. The van der Waals surface area contributed by atoms with E-state index in [-0.39, 0.29) is 0 Å². The molecule has 0 aliphatic carbocycles. The number of thiazole rings is 1. The third-order valence-corrected chi connectivity index (χ3v) is 3.47. The topological polar surface area (TPSA) is 63.6 Å². The maximum absolute atomic E-state index is 4.46. The number of pyridine rings is 1. The average Bonchev–Trinajstić information content (AvgIpc) is 2.88. The van der Waals surface area contributed by atoms with Crippen LogP contribution in [0.4, 0.5) is 11.1 Å². The molecule has 0 aliphatic heterocycles. The van der Waals surface area contributed by atoms with Gasteiger partial charge < -0.3 is 5.32 Å². The zero-order chi connectivity index (χ0) is 13.1. The number of hydrogen-bond acceptors (Lipinski definition) is 6. The van der Waals surface area contributed by atoms with Crippen molar-refractivity contribution in [2.24, 2.45) is 0 Å². The molecule has 5 nitrogen and oxygen atoms in total. The van der Waals surface area contributed by atoms with Gasteiger partial charge in [0.15, 0.2) is 5.13 Å². The van der Waals surface area contributed by atoms with Crippen LogP contribution in [0.1, 0.15) is 0 Å². The molecule has 0 atom stereocenters. The smallest absolute Gasteiger partial charge is 0.228 e. The number of halogens is 1. The highest BCUT2D eigenvalue weighted by atomic mass is 79.9. The Kier molecular flexibility index (Phi) is 3.47. The highest BCUT2D eigenvalue weighted by molar-refractivity contribution is 9.10. The van der Waals surface area contributed by atoms with E-state index in [4.69, 9.17) is 0 Å². The molecule has 0 bridgehead atoms. The third-order valence-electron chi connectivity index (χ3n) is 2.27. The number of rotatable bonds is 3. The van der Waals surface area contributed by atoms with Gasteiger partial charge >= 0.3 is 0 Å². The van der Waals surface area contributed by atoms with Crippen molar-refractivity contribution >= 4 is 38.3 Å². The molecule has 7 heteroatoms. The number of nitrogens with one attached hydrogen (secondary N) is 1. The Balaban J connectivity index is 1.84. The Bertz CT molecular complexity index is 685. The zero-order valence-corrected chi connectivity index (χ0v) is 12.0. The molecule has 3 aromatic rings. The molecule has 3 heterocycles. The quantitative estimate of drug-likeness (QED) is 0.743. The summed E-state index contributed by atoms with van der Waals surface area (Å²) in [5.41, 5.74) is 1.65. The summed E-state index contributed by atoms with van der Waals surface area (Å²) in [5, 5.41) is 5.74. The van der Waals surface area contributed by atoms with Gasteiger partial charge in [-0.25, -0.2) is 19.9 Å². The van der Waals surface area contributed by atoms with Crippen molar-refractivity contribution < 1.29 is 0 Å². The van der Waals surface area contributed by atoms with E-state index in [9.17, 15) is 0 Å². The molecule has 0 aliphatic rings. The second kappa shape index (κ2) is 5.41. The molecular formula is C12H8BrN5S. The highest BCUT2D eigenvalue weighted by Gasteiger charge is 2.07. The lowest BCUT2D eigenvalue weighted by molar-refractivity contribution is 1.16. The Labute approximate surface area is 121 Å². The van der Waals surface area contributed by atoms with Gasteiger partial charge in [0.2, 0.25) is 5.95 Å². The lowest BCUT2D eigenvalue weighted by atomic mass is 10.3. The first-order valence-electron chi connectivity index (χ1n) is 5.44. The monoisotopic (exact) mass is 333 g/mol. The molecule has 19 heavy (non-hydrogen) atoms. The summed E-state index contributed by atoms with van der Waals surface area (Å²) in [4.78, 5) is 17.0. The van der Waals surface area contributed by atoms with Crippen molar-refractivity contribution in [1.29, 1.82) is 0 Å². The molecule has 0 saturated heterocycles. The maximum atomic E-state index is 4.46. The summed E-state index contributed by atoms with van der Waals surface area (Å²) in [6.07, 6.45) is 3.36. The molecule has 0 amide bonds. The van der Waals surface area contributed by atoms with Gasteiger partial charge in [0, 0.05) is 17.8 Å². The van der Waals surface area contributed by atoms with Gasteiger partial charge in [0.25, 0.3) is 0 Å². The van der Waals surface area contributed by atoms with Crippen molar-refractivity contribution in [3.8, 4) is 11.4 Å². The van der Waals surface area contributed by atoms with Gasteiger partial charge in [0.1, 0.15) is 10.3 Å². The van der Waals surface area contributed by atoms with Crippen molar-refractivity contribution in [3.63, 3.8) is 0 Å². The summed E-state index contributed by atoms with van der Waals surface area (Å²) < 4.78 is 0.791. The molecule has 0 fully saturated rings. The van der Waals surface area contributed by atoms with Crippen LogP contribution in [0.25, 0.3) is 11.4 Å². The molecule has 0 radical (unpaired) electrons. The Morgan fingerprint density at radius 3 is 2.63 bits per heavy atom. The number of nitrogens with zero attached hydrogens (tertiary/aromatic N) is 4. The van der Waals surface area contributed by atoms with Crippen LogP contribution in [0.15, 0.2) is 46.6 Å². The lowest BCUT2D eigenvalue weighted by Gasteiger charge is -1.98. The lowest BCUT2D eigenvalue weighted by Crippen LogP contribution is -1.95. The van der Waals surface area contributed by atoms with Crippen LogP contribution in [0.5, 0.6) is 0 Å². The number of anilines is 2. The van der Waals surface area contributed by atoms with Crippen molar-refractivity contribution in [2.45, 2.75) is 0 Å². The van der Waals surface area contributed by atoms with Gasteiger partial charge in [-0.05, 0) is 34.1 Å². The minimum atomic E-state index is 0.533. The van der Waals surface area contributed by atoms with E-state index < -0.39 is 0 Å². The fraction of sp³-hybridized carbons (Fsp3) is 0. The van der Waals surface area contributed by atoms with Crippen LogP contribution in [-0.2, 0) is 0 Å². The number of hydrogen-bond donors (Lipinski definition) is 1. The van der Waals surface area contributed by atoms with E-state index in [0.717, 1.165) is 21.1 Å². The molecule has 0 spiro atoms. The maximum Gasteiger partial charge on any atom is 0.228 e. The molecule has 0 unspecified atom stereocenters. The minimum absolute atomic E-state index is 0.533. The van der Waals surface area contributed by atoms with Crippen molar-refractivity contribution in [1.82, 2.24) is 19.9 Å². The summed E-state index contributed by atoms with van der Waals surface area (Å²) in [6.45, 7) is 0. The van der Waals surface area contributed by atoms with Crippen molar-refractivity contribution in [3.05, 3.63) is 46.6 Å². The molecule has 0 aromatic carbocycles. The predicted octanol–water partition coefficient (Wildman–Crippen LogP) is 3.50. The SMILES string of the molecule is Brc1cccc(-c2csc(Nc3ncccn3)n2)n1. The van der Waals surface area contributed by atoms with Crippen LogP contribution in [0.2, 0.25) is 0 Å². The van der Waals surface area contributed by atoms with Gasteiger partial charge in [-0.15, -0.1) is 11.3 Å². The van der Waals surface area contributed by atoms with Crippen LogP contribution < -0.4 is 5.32 Å². The normalized spacial score (nSPS) is 10.4. The Morgan fingerprint density at radius 1 is 1.00 bits per heavy atom. The number of aromatic nitrogens is 4.